The first-order valence-corrected chi connectivity index (χ1v) is 5.93. The lowest BCUT2D eigenvalue weighted by atomic mass is 9.65. The molecule has 1 aliphatic rings. The van der Waals surface area contributed by atoms with Crippen LogP contribution < -0.4 is 11.1 Å². The SMILES string of the molecule is CC1(C)C(O)CC1Nc1nc(N)cc(Br)n1. The third kappa shape index (κ3) is 1.99. The van der Waals surface area contributed by atoms with Crippen molar-refractivity contribution in [2.75, 3.05) is 11.1 Å². The molecule has 0 spiro atoms. The van der Waals surface area contributed by atoms with Crippen LogP contribution in [-0.2, 0) is 0 Å². The molecule has 0 aromatic carbocycles. The van der Waals surface area contributed by atoms with E-state index in [0.717, 1.165) is 0 Å². The Labute approximate surface area is 103 Å². The summed E-state index contributed by atoms with van der Waals surface area (Å²) in [6.07, 6.45) is 0.442. The van der Waals surface area contributed by atoms with Gasteiger partial charge in [-0.15, -0.1) is 0 Å². The van der Waals surface area contributed by atoms with Gasteiger partial charge in [-0.1, -0.05) is 13.8 Å². The molecule has 1 aliphatic carbocycles. The highest BCUT2D eigenvalue weighted by Crippen LogP contribution is 2.41. The van der Waals surface area contributed by atoms with Crippen molar-refractivity contribution in [1.82, 2.24) is 9.97 Å². The number of rotatable bonds is 2. The predicted molar refractivity (Wildman–Crippen MR) is 66.0 cm³/mol. The molecule has 0 radical (unpaired) electrons. The highest BCUT2D eigenvalue weighted by Gasteiger charge is 2.47. The van der Waals surface area contributed by atoms with Gasteiger partial charge in [-0.2, -0.15) is 4.98 Å². The van der Waals surface area contributed by atoms with E-state index in [-0.39, 0.29) is 17.6 Å². The van der Waals surface area contributed by atoms with Gasteiger partial charge in [-0.25, -0.2) is 4.98 Å². The fourth-order valence-electron chi connectivity index (χ4n) is 1.80. The van der Waals surface area contributed by atoms with Crippen LogP contribution in [-0.4, -0.2) is 27.2 Å². The predicted octanol–water partition coefficient (Wildman–Crippen LogP) is 1.39. The van der Waals surface area contributed by atoms with Gasteiger partial charge >= 0.3 is 0 Å². The summed E-state index contributed by atoms with van der Waals surface area (Å²) in [6, 6.07) is 1.82. The van der Waals surface area contributed by atoms with Gasteiger partial charge in [0.2, 0.25) is 5.95 Å². The number of nitrogens with one attached hydrogen (secondary N) is 1. The van der Waals surface area contributed by atoms with Crippen LogP contribution in [0.4, 0.5) is 11.8 Å². The molecule has 1 aromatic rings. The van der Waals surface area contributed by atoms with Gasteiger partial charge in [0.15, 0.2) is 0 Å². The van der Waals surface area contributed by atoms with Crippen LogP contribution in [0.15, 0.2) is 10.7 Å². The number of nitrogen functional groups attached to an aromatic ring is 1. The number of aliphatic hydroxyl groups excluding tert-OH is 1. The molecule has 1 saturated carbocycles. The van der Waals surface area contributed by atoms with Crippen LogP contribution in [0.3, 0.4) is 0 Å². The number of halogens is 1. The van der Waals surface area contributed by atoms with Crippen molar-refractivity contribution < 1.29 is 5.11 Å². The maximum atomic E-state index is 9.62. The first kappa shape index (κ1) is 11.6. The molecule has 4 N–H and O–H groups in total. The highest BCUT2D eigenvalue weighted by atomic mass is 79.9. The summed E-state index contributed by atoms with van der Waals surface area (Å²) in [6.45, 7) is 4.03. The summed E-state index contributed by atoms with van der Waals surface area (Å²) >= 11 is 3.26. The molecule has 0 bridgehead atoms. The largest absolute Gasteiger partial charge is 0.392 e. The zero-order valence-corrected chi connectivity index (χ0v) is 10.8. The average molecular weight is 287 g/mol. The summed E-state index contributed by atoms with van der Waals surface area (Å²) in [5, 5.41) is 12.8. The van der Waals surface area contributed by atoms with E-state index in [1.165, 1.54) is 0 Å². The minimum atomic E-state index is -0.269. The number of nitrogens with zero attached hydrogens (tertiary/aromatic N) is 2. The minimum Gasteiger partial charge on any atom is -0.392 e. The number of aliphatic hydroxyl groups is 1. The maximum Gasteiger partial charge on any atom is 0.225 e. The molecule has 2 atom stereocenters. The minimum absolute atomic E-state index is 0.152. The Hall–Kier alpha value is -0.880. The second-order valence-electron chi connectivity index (χ2n) is 4.71. The normalized spacial score (nSPS) is 27.2. The van der Waals surface area contributed by atoms with Crippen molar-refractivity contribution in [3.05, 3.63) is 10.7 Å². The van der Waals surface area contributed by atoms with Gasteiger partial charge in [-0.05, 0) is 22.4 Å². The Morgan fingerprint density at radius 1 is 1.56 bits per heavy atom. The Morgan fingerprint density at radius 3 is 2.75 bits per heavy atom. The van der Waals surface area contributed by atoms with Gasteiger partial charge < -0.3 is 16.2 Å². The fraction of sp³-hybridized carbons (Fsp3) is 0.600. The van der Waals surface area contributed by atoms with E-state index < -0.39 is 0 Å². The summed E-state index contributed by atoms with van der Waals surface area (Å²) in [5.74, 6) is 0.916. The maximum absolute atomic E-state index is 9.62. The molecule has 0 amide bonds. The molecular formula is C10H15BrN4O. The summed E-state index contributed by atoms with van der Waals surface area (Å²) in [7, 11) is 0. The third-order valence-electron chi connectivity index (χ3n) is 3.23. The molecule has 88 valence electrons. The van der Waals surface area contributed by atoms with Gasteiger partial charge in [0.1, 0.15) is 10.4 Å². The van der Waals surface area contributed by atoms with Gasteiger partial charge in [0.25, 0.3) is 0 Å². The molecule has 16 heavy (non-hydrogen) atoms. The van der Waals surface area contributed by atoms with Crippen LogP contribution in [0.5, 0.6) is 0 Å². The first-order valence-electron chi connectivity index (χ1n) is 5.14. The lowest BCUT2D eigenvalue weighted by Gasteiger charge is -2.49. The number of nitrogens with two attached hydrogens (primary N) is 1. The number of hydrogen-bond donors (Lipinski definition) is 3. The molecule has 0 saturated heterocycles. The van der Waals surface area contributed by atoms with Crippen LogP contribution in [0.2, 0.25) is 0 Å². The third-order valence-corrected chi connectivity index (χ3v) is 3.64. The molecule has 2 unspecified atom stereocenters. The van der Waals surface area contributed by atoms with E-state index >= 15 is 0 Å². The molecule has 0 aliphatic heterocycles. The molecule has 1 heterocycles. The second kappa shape index (κ2) is 3.85. The second-order valence-corrected chi connectivity index (χ2v) is 5.52. The molecule has 2 rings (SSSR count). The zero-order valence-electron chi connectivity index (χ0n) is 9.24. The van der Waals surface area contributed by atoms with E-state index in [1.807, 2.05) is 13.8 Å². The molecule has 1 aromatic heterocycles. The van der Waals surface area contributed by atoms with Crippen LogP contribution in [0.25, 0.3) is 0 Å². The first-order chi connectivity index (χ1) is 7.39. The van der Waals surface area contributed by atoms with Crippen molar-refractivity contribution in [2.45, 2.75) is 32.4 Å². The molecule has 6 heteroatoms. The van der Waals surface area contributed by atoms with Crippen LogP contribution in [0.1, 0.15) is 20.3 Å². The quantitative estimate of drug-likeness (QED) is 0.716. The highest BCUT2D eigenvalue weighted by molar-refractivity contribution is 9.10. The van der Waals surface area contributed by atoms with Gasteiger partial charge in [0.05, 0.1) is 6.10 Å². The summed E-state index contributed by atoms with van der Waals surface area (Å²) in [4.78, 5) is 8.27. The lowest BCUT2D eigenvalue weighted by molar-refractivity contribution is -0.0512. The van der Waals surface area contributed by atoms with Gasteiger partial charge in [0, 0.05) is 17.5 Å². The monoisotopic (exact) mass is 286 g/mol. The van der Waals surface area contributed by atoms with Crippen molar-refractivity contribution >= 4 is 27.7 Å². The Kier molecular flexibility index (Phi) is 2.79. The van der Waals surface area contributed by atoms with E-state index in [9.17, 15) is 5.11 Å². The number of anilines is 2. The number of hydrogen-bond acceptors (Lipinski definition) is 5. The Morgan fingerprint density at radius 2 is 2.25 bits per heavy atom. The fourth-order valence-corrected chi connectivity index (χ4v) is 2.21. The average Bonchev–Trinajstić information content (AvgIpc) is 2.15. The Bertz CT molecular complexity index is 390. The summed E-state index contributed by atoms with van der Waals surface area (Å²) in [5.41, 5.74) is 5.47. The van der Waals surface area contributed by atoms with Crippen molar-refractivity contribution in [2.24, 2.45) is 5.41 Å². The van der Waals surface area contributed by atoms with Gasteiger partial charge in [-0.3, -0.25) is 0 Å². The van der Waals surface area contributed by atoms with E-state index in [0.29, 0.717) is 22.8 Å². The zero-order chi connectivity index (χ0) is 11.9. The topological polar surface area (TPSA) is 84.1 Å². The molecule has 5 nitrogen and oxygen atoms in total. The number of aromatic nitrogens is 2. The van der Waals surface area contributed by atoms with Crippen molar-refractivity contribution in [1.29, 1.82) is 0 Å². The Balaban J connectivity index is 2.11. The van der Waals surface area contributed by atoms with Crippen LogP contribution >= 0.6 is 15.9 Å². The van der Waals surface area contributed by atoms with Crippen molar-refractivity contribution in [3.63, 3.8) is 0 Å². The lowest BCUT2D eigenvalue weighted by Crippen LogP contribution is -2.57. The van der Waals surface area contributed by atoms with Crippen molar-refractivity contribution in [3.8, 4) is 0 Å². The van der Waals surface area contributed by atoms with E-state index in [2.05, 4.69) is 31.2 Å². The van der Waals surface area contributed by atoms with E-state index in [1.54, 1.807) is 6.07 Å². The van der Waals surface area contributed by atoms with Crippen LogP contribution in [0, 0.1) is 5.41 Å². The summed E-state index contributed by atoms with van der Waals surface area (Å²) < 4.78 is 0.653. The van der Waals surface area contributed by atoms with E-state index in [4.69, 9.17) is 5.73 Å². The molecule has 1 fully saturated rings. The smallest absolute Gasteiger partial charge is 0.225 e. The standard InChI is InChI=1S/C10H15BrN4O/c1-10(2)5(3-6(10)16)13-9-14-7(11)4-8(12)15-9/h4-6,16H,3H2,1-2H3,(H3,12,13,14,15). The molecular weight excluding hydrogens is 272 g/mol.